The Hall–Kier alpha value is -0.770. The number of nitrogens with zero attached hydrogens (tertiary/aromatic N) is 1. The molecule has 4 heteroatoms. The summed E-state index contributed by atoms with van der Waals surface area (Å²) < 4.78 is 5.82. The van der Waals surface area contributed by atoms with Crippen molar-refractivity contribution in [2.45, 2.75) is 19.4 Å². The van der Waals surface area contributed by atoms with Crippen molar-refractivity contribution >= 4 is 11.6 Å². The van der Waals surface area contributed by atoms with Gasteiger partial charge in [-0.3, -0.25) is 4.90 Å². The molecule has 1 aromatic rings. The summed E-state index contributed by atoms with van der Waals surface area (Å²) in [5.41, 5.74) is 0. The first-order valence-electron chi connectivity index (χ1n) is 7.61. The van der Waals surface area contributed by atoms with Crippen molar-refractivity contribution in [1.82, 2.24) is 10.2 Å². The summed E-state index contributed by atoms with van der Waals surface area (Å²) in [6, 6.07) is 8.34. The molecule has 2 heterocycles. The molecule has 0 aliphatic carbocycles. The highest BCUT2D eigenvalue weighted by Gasteiger charge is 2.42. The smallest absolute Gasteiger partial charge is 0.119 e. The predicted molar refractivity (Wildman–Crippen MR) is 82.4 cm³/mol. The monoisotopic (exact) mass is 294 g/mol. The fourth-order valence-electron chi connectivity index (χ4n) is 3.74. The molecule has 0 aromatic heterocycles. The van der Waals surface area contributed by atoms with Crippen LogP contribution in [0.4, 0.5) is 0 Å². The van der Waals surface area contributed by atoms with Crippen LogP contribution in [0, 0.1) is 11.8 Å². The van der Waals surface area contributed by atoms with Crippen LogP contribution in [0.15, 0.2) is 24.3 Å². The number of nitrogens with one attached hydrogen (secondary N) is 1. The van der Waals surface area contributed by atoms with Crippen molar-refractivity contribution in [3.05, 3.63) is 29.3 Å². The van der Waals surface area contributed by atoms with Crippen LogP contribution >= 0.6 is 11.6 Å². The fourth-order valence-corrected chi connectivity index (χ4v) is 3.87. The van der Waals surface area contributed by atoms with E-state index in [9.17, 15) is 0 Å². The second-order valence-electron chi connectivity index (χ2n) is 5.86. The van der Waals surface area contributed by atoms with Crippen molar-refractivity contribution in [1.29, 1.82) is 0 Å². The molecule has 1 N–H and O–H groups in total. The number of hydrogen-bond donors (Lipinski definition) is 1. The van der Waals surface area contributed by atoms with E-state index in [1.165, 1.54) is 26.1 Å². The van der Waals surface area contributed by atoms with Gasteiger partial charge in [0.15, 0.2) is 0 Å². The Bertz CT molecular complexity index is 437. The summed E-state index contributed by atoms with van der Waals surface area (Å²) in [6.07, 6.45) is 1.24. The van der Waals surface area contributed by atoms with Crippen LogP contribution in [-0.2, 0) is 0 Å². The lowest BCUT2D eigenvalue weighted by Gasteiger charge is -2.26. The van der Waals surface area contributed by atoms with Crippen molar-refractivity contribution in [3.8, 4) is 5.75 Å². The molecule has 0 amide bonds. The van der Waals surface area contributed by atoms with Crippen LogP contribution in [0.3, 0.4) is 0 Å². The number of ether oxygens (including phenoxy) is 1. The minimum absolute atomic E-state index is 0.726. The van der Waals surface area contributed by atoms with Gasteiger partial charge >= 0.3 is 0 Å². The highest BCUT2D eigenvalue weighted by molar-refractivity contribution is 6.30. The Morgan fingerprint density at radius 3 is 2.85 bits per heavy atom. The number of hydrogen-bond acceptors (Lipinski definition) is 3. The molecule has 20 heavy (non-hydrogen) atoms. The third-order valence-corrected chi connectivity index (χ3v) is 4.96. The second-order valence-corrected chi connectivity index (χ2v) is 6.29. The average molecular weight is 295 g/mol. The number of halogens is 1. The van der Waals surface area contributed by atoms with Gasteiger partial charge in [-0.2, -0.15) is 0 Å². The van der Waals surface area contributed by atoms with E-state index in [1.54, 1.807) is 0 Å². The Morgan fingerprint density at radius 2 is 2.10 bits per heavy atom. The van der Waals surface area contributed by atoms with Crippen LogP contribution in [0.1, 0.15) is 13.3 Å². The van der Waals surface area contributed by atoms with Crippen molar-refractivity contribution in [2.24, 2.45) is 11.8 Å². The molecule has 3 atom stereocenters. The van der Waals surface area contributed by atoms with E-state index >= 15 is 0 Å². The third-order valence-electron chi connectivity index (χ3n) is 4.70. The molecule has 0 radical (unpaired) electrons. The Labute approximate surface area is 126 Å². The second kappa shape index (κ2) is 6.33. The van der Waals surface area contributed by atoms with Crippen LogP contribution in [0.25, 0.3) is 0 Å². The molecule has 3 rings (SSSR count). The first-order valence-corrected chi connectivity index (χ1v) is 7.99. The summed E-state index contributed by atoms with van der Waals surface area (Å²) in [4.78, 5) is 2.62. The van der Waals surface area contributed by atoms with Gasteiger partial charge in [-0.05, 0) is 55.6 Å². The normalized spacial score (nSPS) is 29.6. The molecule has 1 aromatic carbocycles. The van der Waals surface area contributed by atoms with Crippen LogP contribution in [0.5, 0.6) is 5.75 Å². The maximum Gasteiger partial charge on any atom is 0.119 e. The largest absolute Gasteiger partial charge is 0.492 e. The molecule has 110 valence electrons. The highest BCUT2D eigenvalue weighted by Crippen LogP contribution is 2.33. The molecular formula is C16H23ClN2O. The summed E-state index contributed by atoms with van der Waals surface area (Å²) in [7, 11) is 0. The lowest BCUT2D eigenvalue weighted by molar-refractivity contribution is 0.176. The molecule has 0 bridgehead atoms. The third kappa shape index (κ3) is 2.95. The quantitative estimate of drug-likeness (QED) is 0.903. The molecular weight excluding hydrogens is 272 g/mol. The van der Waals surface area contributed by atoms with Crippen molar-refractivity contribution in [3.63, 3.8) is 0 Å². The van der Waals surface area contributed by atoms with Gasteiger partial charge in [-0.15, -0.1) is 0 Å². The maximum atomic E-state index is 5.87. The first kappa shape index (κ1) is 14.2. The Balaban J connectivity index is 1.49. The maximum absolute atomic E-state index is 5.87. The number of rotatable bonds is 5. The summed E-state index contributed by atoms with van der Waals surface area (Å²) in [5.74, 6) is 2.59. The van der Waals surface area contributed by atoms with Crippen LogP contribution < -0.4 is 10.1 Å². The molecule has 3 nitrogen and oxygen atoms in total. The van der Waals surface area contributed by atoms with Gasteiger partial charge in [-0.25, -0.2) is 0 Å². The van der Waals surface area contributed by atoms with E-state index in [2.05, 4.69) is 17.1 Å². The van der Waals surface area contributed by atoms with E-state index in [4.69, 9.17) is 16.3 Å². The van der Waals surface area contributed by atoms with E-state index in [0.717, 1.165) is 41.8 Å². The van der Waals surface area contributed by atoms with Gasteiger partial charge in [0.2, 0.25) is 0 Å². The van der Waals surface area contributed by atoms with Crippen molar-refractivity contribution < 1.29 is 4.74 Å². The van der Waals surface area contributed by atoms with Crippen LogP contribution in [0.2, 0.25) is 5.02 Å². The fraction of sp³-hybridized carbons (Fsp3) is 0.625. The topological polar surface area (TPSA) is 24.5 Å². The average Bonchev–Trinajstić information content (AvgIpc) is 3.01. The summed E-state index contributed by atoms with van der Waals surface area (Å²) >= 11 is 5.87. The van der Waals surface area contributed by atoms with Gasteiger partial charge in [0, 0.05) is 24.2 Å². The first-order chi connectivity index (χ1) is 9.78. The Morgan fingerprint density at radius 1 is 1.30 bits per heavy atom. The van der Waals surface area contributed by atoms with Gasteiger partial charge in [0.25, 0.3) is 0 Å². The van der Waals surface area contributed by atoms with E-state index in [1.807, 2.05) is 24.3 Å². The standard InChI is InChI=1S/C16H23ClN2O/c1-2-16-15-10-18-9-12(15)11-19(16)7-8-20-14-5-3-13(17)4-6-14/h3-6,12,15-16,18H,2,7-11H2,1H3. The van der Waals surface area contributed by atoms with Crippen LogP contribution in [-0.4, -0.2) is 43.7 Å². The van der Waals surface area contributed by atoms with E-state index in [-0.39, 0.29) is 0 Å². The van der Waals surface area contributed by atoms with Crippen molar-refractivity contribution in [2.75, 3.05) is 32.8 Å². The molecule has 2 aliphatic rings. The van der Waals surface area contributed by atoms with Gasteiger partial charge in [0.1, 0.15) is 12.4 Å². The molecule has 2 fully saturated rings. The predicted octanol–water partition coefficient (Wildman–Crippen LogP) is 2.65. The molecule has 0 spiro atoms. The minimum Gasteiger partial charge on any atom is -0.492 e. The molecule has 0 saturated carbocycles. The minimum atomic E-state index is 0.726. The summed E-state index contributed by atoms with van der Waals surface area (Å²) in [5, 5.41) is 4.28. The number of likely N-dealkylation sites (tertiary alicyclic amines) is 1. The number of benzene rings is 1. The van der Waals surface area contributed by atoms with E-state index < -0.39 is 0 Å². The summed E-state index contributed by atoms with van der Waals surface area (Å²) in [6.45, 7) is 7.69. The zero-order chi connectivity index (χ0) is 13.9. The van der Waals surface area contributed by atoms with E-state index in [0.29, 0.717) is 0 Å². The SMILES string of the molecule is CCC1C2CNCC2CN1CCOc1ccc(Cl)cc1. The molecule has 2 saturated heterocycles. The van der Waals surface area contributed by atoms with Gasteiger partial charge in [-0.1, -0.05) is 18.5 Å². The molecule has 3 unspecified atom stereocenters. The lowest BCUT2D eigenvalue weighted by atomic mass is 9.93. The lowest BCUT2D eigenvalue weighted by Crippen LogP contribution is -2.37. The Kier molecular flexibility index (Phi) is 4.49. The van der Waals surface area contributed by atoms with Gasteiger partial charge < -0.3 is 10.1 Å². The zero-order valence-electron chi connectivity index (χ0n) is 12.0. The van der Waals surface area contributed by atoms with Gasteiger partial charge in [0.05, 0.1) is 0 Å². The zero-order valence-corrected chi connectivity index (χ0v) is 12.8. The number of fused-ring (bicyclic) bond motifs is 1. The highest BCUT2D eigenvalue weighted by atomic mass is 35.5. The molecule has 2 aliphatic heterocycles.